The van der Waals surface area contributed by atoms with Crippen LogP contribution in [0, 0.1) is 0 Å². The molecule has 1 heterocycles. The molecule has 2 N–H and O–H groups in total. The molecule has 76 valence electrons. The topological polar surface area (TPSA) is 53.7 Å². The molecule has 0 radical (unpaired) electrons. The molecule has 0 bridgehead atoms. The molecule has 0 aromatic heterocycles. The van der Waals surface area contributed by atoms with Crippen LogP contribution in [0.2, 0.25) is 0 Å². The molecule has 14 heavy (non-hydrogen) atoms. The van der Waals surface area contributed by atoms with Crippen LogP contribution in [0.1, 0.15) is 5.56 Å². The van der Waals surface area contributed by atoms with Crippen LogP contribution in [-0.4, -0.2) is 13.0 Å². The van der Waals surface area contributed by atoms with Gasteiger partial charge in [-0.1, -0.05) is 6.07 Å². The summed E-state index contributed by atoms with van der Waals surface area (Å²) in [6, 6.07) is 3.81. The Bertz CT molecular complexity index is 343. The van der Waals surface area contributed by atoms with Crippen molar-refractivity contribution >= 4 is 11.8 Å². The Hall–Kier alpha value is -0.910. The van der Waals surface area contributed by atoms with Crippen molar-refractivity contribution in [3.05, 3.63) is 17.7 Å². The van der Waals surface area contributed by atoms with Gasteiger partial charge in [-0.05, 0) is 17.9 Å². The smallest absolute Gasteiger partial charge is 0.231 e. The number of benzene rings is 1. The molecule has 2 rings (SSSR count). The minimum absolute atomic E-state index is 0.288. The predicted molar refractivity (Wildman–Crippen MR) is 53.3 cm³/mol. The molecule has 4 nitrogen and oxygen atoms in total. The molecule has 0 saturated heterocycles. The quantitative estimate of drug-likeness (QED) is 0.609. The van der Waals surface area contributed by atoms with Crippen molar-refractivity contribution < 1.29 is 14.3 Å². The van der Waals surface area contributed by atoms with Crippen molar-refractivity contribution in [2.45, 2.75) is 11.5 Å². The lowest BCUT2D eigenvalue weighted by Crippen LogP contribution is -2.00. The molecular weight excluding hydrogens is 202 g/mol. The van der Waals surface area contributed by atoms with Gasteiger partial charge in [-0.3, -0.25) is 4.84 Å². The van der Waals surface area contributed by atoms with Crippen LogP contribution in [0.3, 0.4) is 0 Å². The molecule has 5 heteroatoms. The zero-order valence-corrected chi connectivity index (χ0v) is 8.60. The maximum atomic E-state index is 5.37. The maximum absolute atomic E-state index is 5.37. The van der Waals surface area contributed by atoms with E-state index in [1.54, 1.807) is 11.8 Å². The van der Waals surface area contributed by atoms with E-state index in [4.69, 9.17) is 15.4 Å². The Balaban J connectivity index is 2.43. The second kappa shape index (κ2) is 4.08. The highest BCUT2D eigenvalue weighted by molar-refractivity contribution is 7.98. The summed E-state index contributed by atoms with van der Waals surface area (Å²) in [7, 11) is 0. The Morgan fingerprint density at radius 2 is 2.36 bits per heavy atom. The standard InChI is InChI=1S/C9H11NO3S/c1-14-9-6(4-13-10)2-3-7-8(9)12-5-11-7/h2-3H,4-5,10H2,1H3. The molecule has 0 fully saturated rings. The molecule has 0 amide bonds. The van der Waals surface area contributed by atoms with E-state index in [1.165, 1.54) is 0 Å². The van der Waals surface area contributed by atoms with Gasteiger partial charge in [-0.2, -0.15) is 0 Å². The van der Waals surface area contributed by atoms with Crippen LogP contribution in [0.25, 0.3) is 0 Å². The van der Waals surface area contributed by atoms with Gasteiger partial charge in [0.25, 0.3) is 0 Å². The molecule has 0 unspecified atom stereocenters. The van der Waals surface area contributed by atoms with E-state index >= 15 is 0 Å². The average molecular weight is 213 g/mol. The number of rotatable bonds is 3. The van der Waals surface area contributed by atoms with E-state index in [0.717, 1.165) is 22.0 Å². The first-order valence-corrected chi connectivity index (χ1v) is 5.36. The number of nitrogens with two attached hydrogens (primary N) is 1. The van der Waals surface area contributed by atoms with Crippen molar-refractivity contribution in [3.63, 3.8) is 0 Å². The van der Waals surface area contributed by atoms with Gasteiger partial charge >= 0.3 is 0 Å². The summed E-state index contributed by atoms with van der Waals surface area (Å²) in [6.45, 7) is 0.669. The van der Waals surface area contributed by atoms with Crippen molar-refractivity contribution in [1.82, 2.24) is 0 Å². The Morgan fingerprint density at radius 3 is 3.07 bits per heavy atom. The first kappa shape index (κ1) is 9.64. The second-order valence-corrected chi connectivity index (χ2v) is 3.62. The molecule has 1 aliphatic heterocycles. The summed E-state index contributed by atoms with van der Waals surface area (Å²) in [5.41, 5.74) is 1.02. The third-order valence-corrected chi connectivity index (χ3v) is 2.87. The van der Waals surface area contributed by atoms with Crippen LogP contribution in [-0.2, 0) is 11.4 Å². The summed E-state index contributed by atoms with van der Waals surface area (Å²) in [6.07, 6.45) is 1.98. The maximum Gasteiger partial charge on any atom is 0.231 e. The third kappa shape index (κ3) is 1.54. The zero-order valence-electron chi connectivity index (χ0n) is 7.78. The Morgan fingerprint density at radius 1 is 1.50 bits per heavy atom. The number of hydrogen-bond donors (Lipinski definition) is 1. The predicted octanol–water partition coefficient (Wildman–Crippen LogP) is 1.53. The minimum atomic E-state index is 0.288. The fraction of sp³-hybridized carbons (Fsp3) is 0.333. The van der Waals surface area contributed by atoms with Crippen molar-refractivity contribution in [2.75, 3.05) is 13.0 Å². The number of hydrogen-bond acceptors (Lipinski definition) is 5. The molecule has 1 aromatic rings. The van der Waals surface area contributed by atoms with Gasteiger partial charge in [0, 0.05) is 0 Å². The molecule has 0 saturated carbocycles. The lowest BCUT2D eigenvalue weighted by atomic mass is 10.2. The van der Waals surface area contributed by atoms with Gasteiger partial charge < -0.3 is 9.47 Å². The largest absolute Gasteiger partial charge is 0.454 e. The lowest BCUT2D eigenvalue weighted by molar-refractivity contribution is 0.122. The number of ether oxygens (including phenoxy) is 2. The summed E-state index contributed by atoms with van der Waals surface area (Å²) in [4.78, 5) is 5.65. The van der Waals surface area contributed by atoms with E-state index in [1.807, 2.05) is 18.4 Å². The fourth-order valence-corrected chi connectivity index (χ4v) is 2.15. The van der Waals surface area contributed by atoms with Gasteiger partial charge in [0.2, 0.25) is 6.79 Å². The molecule has 0 spiro atoms. The third-order valence-electron chi connectivity index (χ3n) is 2.02. The van der Waals surface area contributed by atoms with Crippen LogP contribution >= 0.6 is 11.8 Å². The van der Waals surface area contributed by atoms with Gasteiger partial charge in [0.15, 0.2) is 11.5 Å². The van der Waals surface area contributed by atoms with Crippen LogP contribution in [0.5, 0.6) is 11.5 Å². The zero-order chi connectivity index (χ0) is 9.97. The highest BCUT2D eigenvalue weighted by Gasteiger charge is 2.20. The lowest BCUT2D eigenvalue weighted by Gasteiger charge is -2.08. The molecule has 1 aliphatic rings. The van der Waals surface area contributed by atoms with E-state index in [9.17, 15) is 0 Å². The normalized spacial score (nSPS) is 13.3. The molecule has 1 aromatic carbocycles. The molecular formula is C9H11NO3S. The molecule has 0 atom stereocenters. The van der Waals surface area contributed by atoms with Gasteiger partial charge in [-0.25, -0.2) is 5.90 Å². The summed E-state index contributed by atoms with van der Waals surface area (Å²) < 4.78 is 10.6. The fourth-order valence-electron chi connectivity index (χ4n) is 1.41. The van der Waals surface area contributed by atoms with Crippen molar-refractivity contribution in [2.24, 2.45) is 5.90 Å². The van der Waals surface area contributed by atoms with Gasteiger partial charge in [0.1, 0.15) is 0 Å². The van der Waals surface area contributed by atoms with E-state index in [0.29, 0.717) is 6.61 Å². The molecule has 0 aliphatic carbocycles. The number of thioether (sulfide) groups is 1. The average Bonchev–Trinajstić information content (AvgIpc) is 2.66. The SMILES string of the molecule is CSc1c(CON)ccc2c1OCO2. The van der Waals surface area contributed by atoms with Crippen molar-refractivity contribution in [3.8, 4) is 11.5 Å². The van der Waals surface area contributed by atoms with Gasteiger partial charge in [0.05, 0.1) is 11.5 Å². The second-order valence-electron chi connectivity index (χ2n) is 2.80. The summed E-state index contributed by atoms with van der Waals surface area (Å²) in [5.74, 6) is 6.63. The van der Waals surface area contributed by atoms with E-state index < -0.39 is 0 Å². The summed E-state index contributed by atoms with van der Waals surface area (Å²) in [5, 5.41) is 0. The van der Waals surface area contributed by atoms with Crippen molar-refractivity contribution in [1.29, 1.82) is 0 Å². The highest BCUT2D eigenvalue weighted by Crippen LogP contribution is 2.42. The van der Waals surface area contributed by atoms with Crippen LogP contribution in [0.4, 0.5) is 0 Å². The van der Waals surface area contributed by atoms with Crippen LogP contribution < -0.4 is 15.4 Å². The minimum Gasteiger partial charge on any atom is -0.454 e. The van der Waals surface area contributed by atoms with E-state index in [2.05, 4.69) is 4.84 Å². The monoisotopic (exact) mass is 213 g/mol. The Labute approximate surface area is 86.3 Å². The first-order chi connectivity index (χ1) is 6.86. The van der Waals surface area contributed by atoms with Gasteiger partial charge in [-0.15, -0.1) is 11.8 Å². The number of fused-ring (bicyclic) bond motifs is 1. The highest BCUT2D eigenvalue weighted by atomic mass is 32.2. The van der Waals surface area contributed by atoms with E-state index in [-0.39, 0.29) is 6.79 Å². The summed E-state index contributed by atoms with van der Waals surface area (Å²) >= 11 is 1.60. The Kier molecular flexibility index (Phi) is 2.81. The first-order valence-electron chi connectivity index (χ1n) is 4.14. The van der Waals surface area contributed by atoms with Crippen LogP contribution in [0.15, 0.2) is 17.0 Å².